The summed E-state index contributed by atoms with van der Waals surface area (Å²) in [5.74, 6) is 0.788. The standard InChI is InChI=1S/C23H41N5O.HI/c1-7-13-25-22(29)21-12-9-11-20(16-21)17-27-23(24-8-2)26-14-10-15-28(18(3)4)19(5)6;/h9,11-12,16,18-19H,7-8,10,13-15,17H2,1-6H3,(H,25,29)(H2,24,26,27);1H. The fourth-order valence-corrected chi connectivity index (χ4v) is 3.24. The molecule has 0 aliphatic carbocycles. The Bertz CT molecular complexity index is 626. The van der Waals surface area contributed by atoms with E-state index in [1.54, 1.807) is 0 Å². The molecule has 0 spiro atoms. The normalized spacial score (nSPS) is 11.6. The highest BCUT2D eigenvalue weighted by Crippen LogP contribution is 2.07. The van der Waals surface area contributed by atoms with Crippen LogP contribution >= 0.6 is 24.0 Å². The molecule has 0 fully saturated rings. The topological polar surface area (TPSA) is 68.8 Å². The summed E-state index contributed by atoms with van der Waals surface area (Å²) in [6.07, 6.45) is 1.99. The zero-order valence-electron chi connectivity index (χ0n) is 19.6. The highest BCUT2D eigenvalue weighted by molar-refractivity contribution is 14.0. The van der Waals surface area contributed by atoms with Gasteiger partial charge in [-0.25, -0.2) is 4.99 Å². The summed E-state index contributed by atoms with van der Waals surface area (Å²) in [7, 11) is 0. The fraction of sp³-hybridized carbons (Fsp3) is 0.652. The number of amides is 1. The number of nitrogens with one attached hydrogen (secondary N) is 3. The Morgan fingerprint density at radius 1 is 1.03 bits per heavy atom. The minimum Gasteiger partial charge on any atom is -0.357 e. The molecule has 0 saturated heterocycles. The molecule has 0 bridgehead atoms. The maximum Gasteiger partial charge on any atom is 0.251 e. The Balaban J connectivity index is 0.00000841. The Labute approximate surface area is 200 Å². The van der Waals surface area contributed by atoms with Gasteiger partial charge in [0.15, 0.2) is 5.96 Å². The van der Waals surface area contributed by atoms with Gasteiger partial charge in [0.25, 0.3) is 5.91 Å². The van der Waals surface area contributed by atoms with E-state index in [1.807, 2.05) is 31.2 Å². The lowest BCUT2D eigenvalue weighted by Crippen LogP contribution is -2.41. The number of halogens is 1. The van der Waals surface area contributed by atoms with Crippen LogP contribution in [0.1, 0.15) is 70.3 Å². The molecule has 172 valence electrons. The third-order valence-corrected chi connectivity index (χ3v) is 4.70. The number of hydrogen-bond acceptors (Lipinski definition) is 3. The van der Waals surface area contributed by atoms with E-state index >= 15 is 0 Å². The first-order valence-electron chi connectivity index (χ1n) is 11.0. The smallest absolute Gasteiger partial charge is 0.251 e. The Kier molecular flexibility index (Phi) is 15.6. The number of benzene rings is 1. The number of carbonyl (C=O) groups excluding carboxylic acids is 1. The molecule has 0 atom stereocenters. The van der Waals surface area contributed by atoms with Crippen molar-refractivity contribution in [1.82, 2.24) is 20.9 Å². The van der Waals surface area contributed by atoms with Gasteiger partial charge in [0, 0.05) is 43.8 Å². The first-order chi connectivity index (χ1) is 13.9. The molecule has 3 N–H and O–H groups in total. The number of nitrogens with zero attached hydrogens (tertiary/aromatic N) is 2. The number of aliphatic imine (C=N–C) groups is 1. The second-order valence-corrected chi connectivity index (χ2v) is 7.86. The van der Waals surface area contributed by atoms with Gasteiger partial charge in [0.1, 0.15) is 0 Å². The lowest BCUT2D eigenvalue weighted by atomic mass is 10.1. The number of carbonyl (C=O) groups is 1. The summed E-state index contributed by atoms with van der Waals surface area (Å²) in [6, 6.07) is 8.79. The van der Waals surface area contributed by atoms with Crippen molar-refractivity contribution in [3.05, 3.63) is 35.4 Å². The lowest BCUT2D eigenvalue weighted by Gasteiger charge is -2.30. The van der Waals surface area contributed by atoms with Crippen molar-refractivity contribution >= 4 is 35.8 Å². The Morgan fingerprint density at radius 2 is 1.73 bits per heavy atom. The van der Waals surface area contributed by atoms with E-state index in [2.05, 4.69) is 60.5 Å². The molecular formula is C23H42IN5O. The van der Waals surface area contributed by atoms with E-state index in [9.17, 15) is 4.79 Å². The van der Waals surface area contributed by atoms with Crippen LogP contribution in [0.4, 0.5) is 0 Å². The molecule has 1 amide bonds. The van der Waals surface area contributed by atoms with Crippen LogP contribution in [0.2, 0.25) is 0 Å². The van der Waals surface area contributed by atoms with Gasteiger partial charge in [-0.2, -0.15) is 0 Å². The van der Waals surface area contributed by atoms with Crippen molar-refractivity contribution < 1.29 is 4.79 Å². The SMILES string of the molecule is CCCNC(=O)c1cccc(CN=C(NCC)NCCCN(C(C)C)C(C)C)c1.I. The van der Waals surface area contributed by atoms with Crippen LogP contribution in [0.3, 0.4) is 0 Å². The van der Waals surface area contributed by atoms with Crippen LogP contribution in [-0.2, 0) is 6.54 Å². The third kappa shape index (κ3) is 11.2. The molecule has 30 heavy (non-hydrogen) atoms. The second-order valence-electron chi connectivity index (χ2n) is 7.86. The molecular weight excluding hydrogens is 489 g/mol. The molecule has 1 rings (SSSR count). The first kappa shape index (κ1) is 28.6. The van der Waals surface area contributed by atoms with Gasteiger partial charge < -0.3 is 16.0 Å². The molecule has 0 aromatic heterocycles. The van der Waals surface area contributed by atoms with Gasteiger partial charge in [0.05, 0.1) is 6.54 Å². The minimum atomic E-state index is -0.0254. The van der Waals surface area contributed by atoms with Gasteiger partial charge in [0.2, 0.25) is 0 Å². The van der Waals surface area contributed by atoms with Crippen LogP contribution in [-0.4, -0.2) is 55.0 Å². The maximum atomic E-state index is 12.1. The van der Waals surface area contributed by atoms with E-state index in [4.69, 9.17) is 0 Å². The van der Waals surface area contributed by atoms with Gasteiger partial charge >= 0.3 is 0 Å². The van der Waals surface area contributed by atoms with Crippen LogP contribution in [0.15, 0.2) is 29.3 Å². The monoisotopic (exact) mass is 531 g/mol. The van der Waals surface area contributed by atoms with Crippen molar-refractivity contribution in [2.24, 2.45) is 4.99 Å². The zero-order chi connectivity index (χ0) is 21.6. The molecule has 1 aromatic carbocycles. The number of rotatable bonds is 12. The van der Waals surface area contributed by atoms with E-state index in [0.717, 1.165) is 44.0 Å². The van der Waals surface area contributed by atoms with Crippen molar-refractivity contribution in [3.63, 3.8) is 0 Å². The van der Waals surface area contributed by atoms with Crippen molar-refractivity contribution in [2.75, 3.05) is 26.2 Å². The van der Waals surface area contributed by atoms with Crippen LogP contribution in [0, 0.1) is 0 Å². The summed E-state index contributed by atoms with van der Waals surface area (Å²) < 4.78 is 0. The maximum absolute atomic E-state index is 12.1. The van der Waals surface area contributed by atoms with Gasteiger partial charge in [-0.15, -0.1) is 24.0 Å². The summed E-state index contributed by atoms with van der Waals surface area (Å²) in [4.78, 5) is 19.3. The van der Waals surface area contributed by atoms with Gasteiger partial charge in [-0.3, -0.25) is 9.69 Å². The van der Waals surface area contributed by atoms with Gasteiger partial charge in [-0.1, -0.05) is 19.1 Å². The molecule has 0 aliphatic rings. The Morgan fingerprint density at radius 3 is 2.33 bits per heavy atom. The molecule has 0 heterocycles. The van der Waals surface area contributed by atoms with E-state index in [1.165, 1.54) is 0 Å². The molecule has 6 nitrogen and oxygen atoms in total. The van der Waals surface area contributed by atoms with Crippen LogP contribution in [0.25, 0.3) is 0 Å². The molecule has 0 saturated carbocycles. The highest BCUT2D eigenvalue weighted by atomic mass is 127. The lowest BCUT2D eigenvalue weighted by molar-refractivity contribution is 0.0953. The molecule has 7 heteroatoms. The van der Waals surface area contributed by atoms with E-state index in [-0.39, 0.29) is 29.9 Å². The third-order valence-electron chi connectivity index (χ3n) is 4.70. The largest absolute Gasteiger partial charge is 0.357 e. The predicted molar refractivity (Wildman–Crippen MR) is 139 cm³/mol. The second kappa shape index (κ2) is 16.4. The predicted octanol–water partition coefficient (Wildman–Crippen LogP) is 4.01. The van der Waals surface area contributed by atoms with Gasteiger partial charge in [-0.05, 0) is 65.2 Å². The van der Waals surface area contributed by atoms with Crippen LogP contribution < -0.4 is 16.0 Å². The molecule has 1 aromatic rings. The molecule has 0 aliphatic heterocycles. The minimum absolute atomic E-state index is 0. The molecule has 0 unspecified atom stereocenters. The summed E-state index contributed by atoms with van der Waals surface area (Å²) in [5.41, 5.74) is 1.71. The fourth-order valence-electron chi connectivity index (χ4n) is 3.24. The summed E-state index contributed by atoms with van der Waals surface area (Å²) >= 11 is 0. The number of hydrogen-bond donors (Lipinski definition) is 3. The van der Waals surface area contributed by atoms with Crippen molar-refractivity contribution in [3.8, 4) is 0 Å². The highest BCUT2D eigenvalue weighted by Gasteiger charge is 2.12. The number of guanidine groups is 1. The molecule has 0 radical (unpaired) electrons. The van der Waals surface area contributed by atoms with Crippen molar-refractivity contribution in [2.45, 2.75) is 73.0 Å². The van der Waals surface area contributed by atoms with Crippen molar-refractivity contribution in [1.29, 1.82) is 0 Å². The zero-order valence-corrected chi connectivity index (χ0v) is 22.0. The van der Waals surface area contributed by atoms with E-state index < -0.39 is 0 Å². The average Bonchev–Trinajstić information content (AvgIpc) is 2.69. The first-order valence-corrected chi connectivity index (χ1v) is 11.0. The van der Waals surface area contributed by atoms with Crippen LogP contribution in [0.5, 0.6) is 0 Å². The summed E-state index contributed by atoms with van der Waals surface area (Å²) in [6.45, 7) is 17.1. The van der Waals surface area contributed by atoms with E-state index in [0.29, 0.717) is 30.7 Å². The quantitative estimate of drug-likeness (QED) is 0.165. The average molecular weight is 532 g/mol. The summed E-state index contributed by atoms with van der Waals surface area (Å²) in [5, 5.41) is 9.64. The Hall–Kier alpha value is -1.35.